The predicted molar refractivity (Wildman–Crippen MR) is 274 cm³/mol. The molecule has 18 heteroatoms. The number of hydrogen-bond acceptors (Lipinski definition) is 15. The lowest BCUT2D eigenvalue weighted by molar-refractivity contribution is 0.431. The summed E-state index contributed by atoms with van der Waals surface area (Å²) in [6, 6.07) is 31.4. The van der Waals surface area contributed by atoms with Crippen LogP contribution in [0.2, 0.25) is 5.02 Å². The Morgan fingerprint density at radius 3 is 1.48 bits per heavy atom. The molecule has 2 aliphatic heterocycles. The third-order valence-electron chi connectivity index (χ3n) is 12.1. The van der Waals surface area contributed by atoms with Crippen LogP contribution >= 0.6 is 11.6 Å². The highest BCUT2D eigenvalue weighted by Gasteiger charge is 2.30. The van der Waals surface area contributed by atoms with E-state index in [1.807, 2.05) is 38.1 Å². The molecule has 10 rings (SSSR count). The number of halogens is 1. The molecule has 0 aliphatic carbocycles. The van der Waals surface area contributed by atoms with Crippen LogP contribution in [0.4, 0.5) is 0 Å². The van der Waals surface area contributed by atoms with Crippen molar-refractivity contribution in [3.05, 3.63) is 138 Å². The molecule has 0 radical (unpaired) electrons. The van der Waals surface area contributed by atoms with Crippen molar-refractivity contribution in [2.24, 2.45) is 0 Å². The summed E-state index contributed by atoms with van der Waals surface area (Å²) in [5.41, 5.74) is 7.58. The number of nitrogens with one attached hydrogen (secondary N) is 2. The Kier molecular flexibility index (Phi) is 14.8. The van der Waals surface area contributed by atoms with E-state index in [0.717, 1.165) is 42.6 Å². The number of hydrogen-bond donors (Lipinski definition) is 3. The van der Waals surface area contributed by atoms with Gasteiger partial charge in [0.15, 0.2) is 31.2 Å². The lowest BCUT2D eigenvalue weighted by atomic mass is 10.1. The average Bonchev–Trinajstić information content (AvgIpc) is 4.07. The van der Waals surface area contributed by atoms with E-state index in [-0.39, 0.29) is 18.9 Å². The molecule has 0 amide bonds. The standard InChI is InChI=1S/C25H23ClN4O3S.C25H24N4O4S.CH4.4H2/c1-16-25(24-13-22(30-33-24)20-6-2-3-7-21(20)26)29-23(15-28-16)17-8-10-18(11-9-17)34(31,32)19-5-4-12-27-14-19;1-16-25(24-13-21(29-33-24)20-6-2-3-7-23(20)30)28-22(15-27-16)17-8-10-18(11-9-17)34(31,32)19-5-4-12-26-14-19;;;;;/h2-3,6-11,13,15,19,27H,4-5,12,14H2,1H3;2-3,6-11,13,15,19,26,30H,4-5,12,14H2,1H3;1H4;4*1H. The molecule has 15 nitrogen and oxygen atoms in total. The number of aromatic nitrogens is 6. The third-order valence-corrected chi connectivity index (χ3v) is 16.8. The lowest BCUT2D eigenvalue weighted by Gasteiger charge is -2.22. The maximum absolute atomic E-state index is 13.0. The summed E-state index contributed by atoms with van der Waals surface area (Å²) < 4.78 is 62.9. The zero-order chi connectivity index (χ0) is 47.4. The molecule has 4 aromatic heterocycles. The Morgan fingerprint density at radius 2 is 1.04 bits per heavy atom. The fourth-order valence-corrected chi connectivity index (χ4v) is 11.9. The van der Waals surface area contributed by atoms with Gasteiger partial charge in [-0.3, -0.25) is 9.97 Å². The van der Waals surface area contributed by atoms with Gasteiger partial charge in [0.1, 0.15) is 28.5 Å². The van der Waals surface area contributed by atoms with Crippen LogP contribution in [-0.4, -0.2) is 88.9 Å². The topological polar surface area (TPSA) is 216 Å². The zero-order valence-electron chi connectivity index (χ0n) is 37.1. The molecule has 8 aromatic rings. The Hall–Kier alpha value is -6.63. The predicted octanol–water partition coefficient (Wildman–Crippen LogP) is 10.6. The number of para-hydroxylation sites is 1. The van der Waals surface area contributed by atoms with Gasteiger partial charge < -0.3 is 24.8 Å². The van der Waals surface area contributed by atoms with E-state index in [0.29, 0.717) is 103 Å². The molecule has 0 bridgehead atoms. The van der Waals surface area contributed by atoms with Gasteiger partial charge in [-0.15, -0.1) is 0 Å². The van der Waals surface area contributed by atoms with Crippen molar-refractivity contribution >= 4 is 31.3 Å². The van der Waals surface area contributed by atoms with Crippen LogP contribution in [0.3, 0.4) is 0 Å². The molecule has 0 saturated carbocycles. The number of phenolic OH excluding ortho intramolecular Hbond substituents is 1. The second-order valence-electron chi connectivity index (χ2n) is 16.6. The third kappa shape index (κ3) is 10.5. The molecule has 2 unspecified atom stereocenters. The zero-order valence-corrected chi connectivity index (χ0v) is 39.5. The molecule has 0 spiro atoms. The van der Waals surface area contributed by atoms with Gasteiger partial charge in [0.25, 0.3) is 0 Å². The number of benzene rings is 4. The number of sulfone groups is 2. The SMILES string of the molecule is C.Cc1ncc(-c2ccc(S(=O)(=O)C3CCCNC3)cc2)nc1-c1cc(-c2ccccc2Cl)no1.Cc1ncc(-c2ccc(S(=O)(=O)C3CCCNC3)cc2)nc1-c1cc(-c2ccccc2O)no1.[HH].[HH].[HH].[HH]. The number of aryl methyl sites for hydroxylation is 2. The summed E-state index contributed by atoms with van der Waals surface area (Å²) in [4.78, 5) is 19.0. The number of phenols is 1. The summed E-state index contributed by atoms with van der Waals surface area (Å²) in [6.45, 7) is 6.37. The van der Waals surface area contributed by atoms with Crippen molar-refractivity contribution in [3.63, 3.8) is 0 Å². The number of aromatic hydroxyl groups is 1. The molecule has 4 aromatic carbocycles. The molecule has 3 N–H and O–H groups in total. The van der Waals surface area contributed by atoms with Crippen molar-refractivity contribution in [3.8, 4) is 73.7 Å². The van der Waals surface area contributed by atoms with Gasteiger partial charge in [0.2, 0.25) is 0 Å². The Balaban J connectivity index is 0.000000296. The van der Waals surface area contributed by atoms with Crippen molar-refractivity contribution in [2.45, 2.75) is 67.2 Å². The molecular weight excluding hydrogens is 936 g/mol. The first-order valence-corrected chi connectivity index (χ1v) is 25.6. The molecule has 364 valence electrons. The second-order valence-corrected chi connectivity index (χ2v) is 21.5. The fraction of sp³-hybridized carbons (Fsp3) is 0.255. The van der Waals surface area contributed by atoms with Crippen LogP contribution in [0, 0.1) is 13.8 Å². The fourth-order valence-electron chi connectivity index (χ4n) is 8.22. The van der Waals surface area contributed by atoms with Gasteiger partial charge in [-0.25, -0.2) is 26.8 Å². The first kappa shape index (κ1) is 48.8. The lowest BCUT2D eigenvalue weighted by Crippen LogP contribution is -2.38. The molecule has 6 heterocycles. The van der Waals surface area contributed by atoms with Gasteiger partial charge in [-0.2, -0.15) is 0 Å². The Labute approximate surface area is 412 Å². The maximum atomic E-state index is 13.0. The van der Waals surface area contributed by atoms with E-state index >= 15 is 0 Å². The van der Waals surface area contributed by atoms with E-state index < -0.39 is 30.2 Å². The molecule has 2 saturated heterocycles. The number of nitrogens with zero attached hydrogens (tertiary/aromatic N) is 6. The van der Waals surface area contributed by atoms with Crippen molar-refractivity contribution < 1.29 is 36.7 Å². The number of rotatable bonds is 10. The van der Waals surface area contributed by atoms with Crippen molar-refractivity contribution in [2.75, 3.05) is 26.2 Å². The quantitative estimate of drug-likeness (QED) is 0.116. The summed E-state index contributed by atoms with van der Waals surface area (Å²) in [7, 11) is -6.77. The van der Waals surface area contributed by atoms with Crippen molar-refractivity contribution in [1.29, 1.82) is 0 Å². The van der Waals surface area contributed by atoms with Crippen LogP contribution in [0.25, 0.3) is 67.9 Å². The second kappa shape index (κ2) is 20.9. The minimum atomic E-state index is -3.39. The monoisotopic (exact) mass is 994 g/mol. The maximum Gasteiger partial charge on any atom is 0.187 e. The van der Waals surface area contributed by atoms with Crippen LogP contribution < -0.4 is 10.6 Å². The minimum absolute atomic E-state index is 0. The van der Waals surface area contributed by atoms with Gasteiger partial charge in [0.05, 0.1) is 60.5 Å². The molecule has 69 heavy (non-hydrogen) atoms. The summed E-state index contributed by atoms with van der Waals surface area (Å²) in [5, 5.41) is 24.5. The van der Waals surface area contributed by atoms with Crippen LogP contribution in [0.1, 0.15) is 50.2 Å². The average molecular weight is 996 g/mol. The summed E-state index contributed by atoms with van der Waals surface area (Å²) in [5.74, 6) is 1.01. The van der Waals surface area contributed by atoms with E-state index in [1.165, 1.54) is 0 Å². The Bertz CT molecular complexity index is 3100. The van der Waals surface area contributed by atoms with E-state index in [2.05, 4.69) is 30.9 Å². The van der Waals surface area contributed by atoms with E-state index in [1.54, 1.807) is 97.3 Å². The molecule has 2 atom stereocenters. The minimum Gasteiger partial charge on any atom is -0.507 e. The number of piperidine rings is 2. The van der Waals surface area contributed by atoms with Gasteiger partial charge >= 0.3 is 0 Å². The van der Waals surface area contributed by atoms with E-state index in [9.17, 15) is 21.9 Å². The smallest absolute Gasteiger partial charge is 0.187 e. The highest BCUT2D eigenvalue weighted by atomic mass is 35.5. The molecule has 2 fully saturated rings. The molecule has 2 aliphatic rings. The first-order chi connectivity index (χ1) is 32.9. The highest BCUT2D eigenvalue weighted by molar-refractivity contribution is 7.92. The van der Waals surface area contributed by atoms with Gasteiger partial charge in [-0.1, -0.05) is 83.9 Å². The van der Waals surface area contributed by atoms with Crippen LogP contribution in [-0.2, 0) is 19.7 Å². The summed E-state index contributed by atoms with van der Waals surface area (Å²) in [6.07, 6.45) is 6.38. The van der Waals surface area contributed by atoms with Crippen LogP contribution in [0.5, 0.6) is 5.75 Å². The van der Waals surface area contributed by atoms with E-state index in [4.69, 9.17) is 30.6 Å². The summed E-state index contributed by atoms with van der Waals surface area (Å²) >= 11 is 6.29. The molecular formula is C51H59ClN8O7S2. The largest absolute Gasteiger partial charge is 0.507 e. The highest BCUT2D eigenvalue weighted by Crippen LogP contribution is 2.34. The normalized spacial score (nSPS) is 16.2. The van der Waals surface area contributed by atoms with Gasteiger partial charge in [-0.05, 0) is 95.1 Å². The first-order valence-electron chi connectivity index (χ1n) is 22.1. The van der Waals surface area contributed by atoms with Crippen molar-refractivity contribution in [1.82, 2.24) is 40.9 Å². The Morgan fingerprint density at radius 1 is 0.609 bits per heavy atom. The van der Waals surface area contributed by atoms with Gasteiger partial charge in [0, 0.05) is 53.2 Å². The van der Waals surface area contributed by atoms with Crippen LogP contribution in [0.15, 0.2) is 140 Å².